The van der Waals surface area contributed by atoms with E-state index in [9.17, 15) is 4.39 Å². The predicted molar refractivity (Wildman–Crippen MR) is 102 cm³/mol. The molecule has 24 heavy (non-hydrogen) atoms. The number of allylic oxidation sites excluding steroid dienone is 1. The maximum Gasteiger partial charge on any atom is 0.103 e. The van der Waals surface area contributed by atoms with Gasteiger partial charge in [-0.2, -0.15) is 0 Å². The summed E-state index contributed by atoms with van der Waals surface area (Å²) in [6.45, 7) is 6.33. The van der Waals surface area contributed by atoms with Crippen LogP contribution in [0.1, 0.15) is 90.4 Å². The standard InChI is InChI=1S/C23H39F/c1-3-18-10-13-21(14-11-18)22-15-12-20(16-23(22)24)9-8-19-6-4-17(2)5-7-19/h3,17-23H,1,4-16H2,2H3. The Hall–Kier alpha value is -0.330. The number of halogens is 1. The van der Waals surface area contributed by atoms with Crippen LogP contribution in [0.5, 0.6) is 0 Å². The lowest BCUT2D eigenvalue weighted by atomic mass is 9.67. The summed E-state index contributed by atoms with van der Waals surface area (Å²) >= 11 is 0. The van der Waals surface area contributed by atoms with Gasteiger partial charge in [0.1, 0.15) is 6.17 Å². The van der Waals surface area contributed by atoms with Crippen molar-refractivity contribution in [1.29, 1.82) is 0 Å². The second kappa shape index (κ2) is 8.86. The molecule has 3 fully saturated rings. The van der Waals surface area contributed by atoms with Gasteiger partial charge in [0.25, 0.3) is 0 Å². The molecule has 1 heteroatoms. The topological polar surface area (TPSA) is 0 Å². The van der Waals surface area contributed by atoms with Crippen LogP contribution in [0.25, 0.3) is 0 Å². The summed E-state index contributed by atoms with van der Waals surface area (Å²) < 4.78 is 14.9. The molecule has 0 N–H and O–H groups in total. The van der Waals surface area contributed by atoms with E-state index in [0.717, 1.165) is 24.7 Å². The Morgan fingerprint density at radius 2 is 1.46 bits per heavy atom. The van der Waals surface area contributed by atoms with Crippen LogP contribution in [0.3, 0.4) is 0 Å². The summed E-state index contributed by atoms with van der Waals surface area (Å²) in [4.78, 5) is 0. The van der Waals surface area contributed by atoms with Crippen LogP contribution < -0.4 is 0 Å². The molecule has 3 saturated carbocycles. The second-order valence-corrected chi connectivity index (χ2v) is 9.47. The van der Waals surface area contributed by atoms with E-state index in [0.29, 0.717) is 23.7 Å². The average Bonchev–Trinajstić information content (AvgIpc) is 2.61. The van der Waals surface area contributed by atoms with E-state index in [4.69, 9.17) is 0 Å². The van der Waals surface area contributed by atoms with Gasteiger partial charge in [-0.05, 0) is 80.5 Å². The van der Waals surface area contributed by atoms with E-state index in [1.165, 1.54) is 70.6 Å². The Morgan fingerprint density at radius 1 is 0.833 bits per heavy atom. The van der Waals surface area contributed by atoms with Gasteiger partial charge in [-0.1, -0.05) is 51.5 Å². The molecule has 3 aliphatic rings. The largest absolute Gasteiger partial charge is 0.247 e. The maximum atomic E-state index is 14.9. The molecule has 0 aromatic heterocycles. The Kier molecular flexibility index (Phi) is 6.81. The first-order valence-corrected chi connectivity index (χ1v) is 10.9. The molecule has 3 atom stereocenters. The smallest absolute Gasteiger partial charge is 0.103 e. The lowest BCUT2D eigenvalue weighted by Gasteiger charge is -2.40. The predicted octanol–water partition coefficient (Wildman–Crippen LogP) is 7.34. The van der Waals surface area contributed by atoms with Gasteiger partial charge in [0.2, 0.25) is 0 Å². The first-order chi connectivity index (χ1) is 11.7. The Balaban J connectivity index is 1.38. The molecule has 0 spiro atoms. The van der Waals surface area contributed by atoms with Crippen LogP contribution in [0.2, 0.25) is 0 Å². The van der Waals surface area contributed by atoms with E-state index in [1.807, 2.05) is 0 Å². The Morgan fingerprint density at radius 3 is 2.08 bits per heavy atom. The highest BCUT2D eigenvalue weighted by Gasteiger charge is 2.37. The van der Waals surface area contributed by atoms with E-state index in [-0.39, 0.29) is 0 Å². The van der Waals surface area contributed by atoms with Crippen LogP contribution >= 0.6 is 0 Å². The Labute approximate surface area is 149 Å². The molecule has 3 unspecified atom stereocenters. The summed E-state index contributed by atoms with van der Waals surface area (Å²) in [5, 5.41) is 0. The normalized spacial score (nSPS) is 44.2. The monoisotopic (exact) mass is 334 g/mol. The summed E-state index contributed by atoms with van der Waals surface area (Å²) in [6, 6.07) is 0. The van der Waals surface area contributed by atoms with Gasteiger partial charge in [-0.3, -0.25) is 0 Å². The van der Waals surface area contributed by atoms with Crippen molar-refractivity contribution >= 4 is 0 Å². The van der Waals surface area contributed by atoms with Gasteiger partial charge in [0.15, 0.2) is 0 Å². The minimum absolute atomic E-state index is 0.377. The molecule has 0 nitrogen and oxygen atoms in total. The third-order valence-corrected chi connectivity index (χ3v) is 7.81. The van der Waals surface area contributed by atoms with E-state index >= 15 is 0 Å². The van der Waals surface area contributed by atoms with Crippen LogP contribution in [-0.2, 0) is 0 Å². The first kappa shape index (κ1) is 18.5. The van der Waals surface area contributed by atoms with E-state index < -0.39 is 6.17 Å². The molecular formula is C23H39F. The number of rotatable bonds is 5. The van der Waals surface area contributed by atoms with Gasteiger partial charge < -0.3 is 0 Å². The fraction of sp³-hybridized carbons (Fsp3) is 0.913. The zero-order chi connectivity index (χ0) is 16.9. The zero-order valence-corrected chi connectivity index (χ0v) is 15.9. The summed E-state index contributed by atoms with van der Waals surface area (Å²) in [5.41, 5.74) is 0. The quantitative estimate of drug-likeness (QED) is 0.461. The molecular weight excluding hydrogens is 295 g/mol. The van der Waals surface area contributed by atoms with Crippen molar-refractivity contribution in [3.8, 4) is 0 Å². The molecule has 0 saturated heterocycles. The van der Waals surface area contributed by atoms with E-state index in [2.05, 4.69) is 19.6 Å². The fourth-order valence-electron chi connectivity index (χ4n) is 5.91. The third-order valence-electron chi connectivity index (χ3n) is 7.81. The number of hydrogen-bond donors (Lipinski definition) is 0. The lowest BCUT2D eigenvalue weighted by Crippen LogP contribution is -2.34. The molecule has 0 amide bonds. The molecule has 0 aliphatic heterocycles. The van der Waals surface area contributed by atoms with Gasteiger partial charge >= 0.3 is 0 Å². The zero-order valence-electron chi connectivity index (χ0n) is 15.9. The molecule has 3 rings (SSSR count). The SMILES string of the molecule is C=CC1CCC(C2CCC(CCC3CCC(C)CC3)CC2F)CC1. The molecule has 0 bridgehead atoms. The average molecular weight is 335 g/mol. The first-order valence-electron chi connectivity index (χ1n) is 10.9. The highest BCUT2D eigenvalue weighted by molar-refractivity contribution is 4.90. The van der Waals surface area contributed by atoms with Crippen molar-refractivity contribution in [1.82, 2.24) is 0 Å². The van der Waals surface area contributed by atoms with Crippen molar-refractivity contribution in [3.05, 3.63) is 12.7 Å². The summed E-state index contributed by atoms with van der Waals surface area (Å²) in [5.74, 6) is 4.32. The fourth-order valence-corrected chi connectivity index (χ4v) is 5.91. The molecule has 138 valence electrons. The van der Waals surface area contributed by atoms with Crippen LogP contribution in [0, 0.1) is 35.5 Å². The summed E-state index contributed by atoms with van der Waals surface area (Å²) in [7, 11) is 0. The Bertz CT molecular complexity index is 373. The molecule has 3 aliphatic carbocycles. The van der Waals surface area contributed by atoms with Crippen LogP contribution in [0.4, 0.5) is 4.39 Å². The van der Waals surface area contributed by atoms with Gasteiger partial charge in [-0.15, -0.1) is 6.58 Å². The number of hydrogen-bond acceptors (Lipinski definition) is 0. The minimum Gasteiger partial charge on any atom is -0.247 e. The van der Waals surface area contributed by atoms with Gasteiger partial charge in [0, 0.05) is 0 Å². The van der Waals surface area contributed by atoms with Crippen molar-refractivity contribution in [2.45, 2.75) is 96.6 Å². The lowest BCUT2D eigenvalue weighted by molar-refractivity contribution is 0.0576. The summed E-state index contributed by atoms with van der Waals surface area (Å²) in [6.07, 6.45) is 18.3. The third kappa shape index (κ3) is 4.85. The minimum atomic E-state index is -0.514. The van der Waals surface area contributed by atoms with Crippen molar-refractivity contribution < 1.29 is 4.39 Å². The van der Waals surface area contributed by atoms with Crippen LogP contribution in [0.15, 0.2) is 12.7 Å². The maximum absolute atomic E-state index is 14.9. The second-order valence-electron chi connectivity index (χ2n) is 9.47. The molecule has 0 aromatic rings. The highest BCUT2D eigenvalue weighted by atomic mass is 19.1. The molecule has 0 heterocycles. The van der Waals surface area contributed by atoms with Crippen LogP contribution in [-0.4, -0.2) is 6.17 Å². The highest BCUT2D eigenvalue weighted by Crippen LogP contribution is 2.44. The van der Waals surface area contributed by atoms with Crippen molar-refractivity contribution in [2.75, 3.05) is 0 Å². The van der Waals surface area contributed by atoms with Crippen molar-refractivity contribution in [3.63, 3.8) is 0 Å². The van der Waals surface area contributed by atoms with E-state index in [1.54, 1.807) is 0 Å². The number of alkyl halides is 1. The van der Waals surface area contributed by atoms with Gasteiger partial charge in [0.05, 0.1) is 0 Å². The van der Waals surface area contributed by atoms with Crippen molar-refractivity contribution in [2.24, 2.45) is 35.5 Å². The molecule has 0 radical (unpaired) electrons. The molecule has 0 aromatic carbocycles. The van der Waals surface area contributed by atoms with Gasteiger partial charge in [-0.25, -0.2) is 4.39 Å².